The van der Waals surface area contributed by atoms with Crippen LogP contribution < -0.4 is 5.73 Å². The number of hydrogen-bond acceptors (Lipinski definition) is 3. The third-order valence-electron chi connectivity index (χ3n) is 3.44. The number of hydrogen-bond donors (Lipinski definition) is 1. The maximum atomic E-state index is 6.50. The van der Waals surface area contributed by atoms with Gasteiger partial charge < -0.3 is 10.6 Å². The fraction of sp³-hybridized carbons (Fsp3) is 0.188. The van der Waals surface area contributed by atoms with E-state index in [1.807, 2.05) is 60.7 Å². The van der Waals surface area contributed by atoms with Crippen molar-refractivity contribution in [3.8, 4) is 0 Å². The van der Waals surface area contributed by atoms with Crippen LogP contribution in [0.4, 0.5) is 0 Å². The molecule has 0 amide bonds. The van der Waals surface area contributed by atoms with Crippen LogP contribution in [0.1, 0.15) is 17.5 Å². The summed E-state index contributed by atoms with van der Waals surface area (Å²) in [7, 11) is 0. The zero-order valence-corrected chi connectivity index (χ0v) is 10.6. The van der Waals surface area contributed by atoms with Gasteiger partial charge in [0.1, 0.15) is 6.61 Å². The maximum Gasteiger partial charge on any atom is 0.139 e. The van der Waals surface area contributed by atoms with E-state index in [1.54, 1.807) is 0 Å². The van der Waals surface area contributed by atoms with Crippen LogP contribution in [0.25, 0.3) is 0 Å². The summed E-state index contributed by atoms with van der Waals surface area (Å²) in [4.78, 5) is 5.37. The Bertz CT molecular complexity index is 580. The van der Waals surface area contributed by atoms with Gasteiger partial charge in [-0.2, -0.15) is 0 Å². The van der Waals surface area contributed by atoms with Crippen LogP contribution in [0.5, 0.6) is 0 Å². The standard InChI is InChI=1S/C16H16N2O/c17-16(14-9-5-2-6-10-14)11-15(18-19-12-16)13-7-3-1-4-8-13/h1-10H,11-12,17H2. The van der Waals surface area contributed by atoms with E-state index >= 15 is 0 Å². The third kappa shape index (κ3) is 2.37. The molecule has 2 aromatic carbocycles. The smallest absolute Gasteiger partial charge is 0.139 e. The molecule has 3 rings (SSSR count). The Labute approximate surface area is 112 Å². The Morgan fingerprint density at radius 2 is 1.58 bits per heavy atom. The van der Waals surface area contributed by atoms with Crippen LogP contribution in [0, 0.1) is 0 Å². The van der Waals surface area contributed by atoms with Gasteiger partial charge in [0, 0.05) is 6.42 Å². The van der Waals surface area contributed by atoms with Crippen molar-refractivity contribution in [2.75, 3.05) is 6.61 Å². The van der Waals surface area contributed by atoms with Crippen molar-refractivity contribution in [1.29, 1.82) is 0 Å². The molecule has 2 N–H and O–H groups in total. The van der Waals surface area contributed by atoms with Gasteiger partial charge in [0.25, 0.3) is 0 Å². The van der Waals surface area contributed by atoms with Gasteiger partial charge in [0.15, 0.2) is 0 Å². The summed E-state index contributed by atoms with van der Waals surface area (Å²) >= 11 is 0. The molecule has 19 heavy (non-hydrogen) atoms. The first-order chi connectivity index (χ1) is 9.28. The number of benzene rings is 2. The van der Waals surface area contributed by atoms with Crippen molar-refractivity contribution >= 4 is 5.71 Å². The highest BCUT2D eigenvalue weighted by molar-refractivity contribution is 6.01. The van der Waals surface area contributed by atoms with Crippen LogP contribution >= 0.6 is 0 Å². The first-order valence-electron chi connectivity index (χ1n) is 6.37. The molecule has 0 spiro atoms. The molecule has 1 atom stereocenters. The molecule has 0 bridgehead atoms. The Kier molecular flexibility index (Phi) is 3.05. The summed E-state index contributed by atoms with van der Waals surface area (Å²) in [6.45, 7) is 0.410. The minimum Gasteiger partial charge on any atom is -0.393 e. The second-order valence-corrected chi connectivity index (χ2v) is 4.88. The normalized spacial score (nSPS) is 22.5. The Hall–Kier alpha value is -2.13. The van der Waals surface area contributed by atoms with Crippen molar-refractivity contribution < 1.29 is 4.84 Å². The zero-order chi connectivity index (χ0) is 13.1. The van der Waals surface area contributed by atoms with E-state index in [4.69, 9.17) is 10.6 Å². The number of oxime groups is 1. The molecule has 1 aliphatic heterocycles. The molecule has 0 aliphatic carbocycles. The molecule has 3 heteroatoms. The predicted molar refractivity (Wildman–Crippen MR) is 75.9 cm³/mol. The highest BCUT2D eigenvalue weighted by Crippen LogP contribution is 2.28. The summed E-state index contributed by atoms with van der Waals surface area (Å²) in [6.07, 6.45) is 0.682. The Balaban J connectivity index is 1.91. The van der Waals surface area contributed by atoms with Crippen LogP contribution in [-0.4, -0.2) is 12.3 Å². The van der Waals surface area contributed by atoms with E-state index < -0.39 is 5.54 Å². The monoisotopic (exact) mass is 252 g/mol. The Morgan fingerprint density at radius 3 is 2.26 bits per heavy atom. The quantitative estimate of drug-likeness (QED) is 0.893. The average molecular weight is 252 g/mol. The lowest BCUT2D eigenvalue weighted by atomic mass is 9.84. The van der Waals surface area contributed by atoms with Gasteiger partial charge in [-0.05, 0) is 11.1 Å². The molecule has 0 radical (unpaired) electrons. The molecule has 0 saturated heterocycles. The zero-order valence-electron chi connectivity index (χ0n) is 10.6. The second-order valence-electron chi connectivity index (χ2n) is 4.88. The fourth-order valence-electron chi connectivity index (χ4n) is 2.35. The SMILES string of the molecule is NC1(c2ccccc2)CON=C(c2ccccc2)C1. The first kappa shape index (κ1) is 11.9. The molecule has 1 unspecified atom stereocenters. The van der Waals surface area contributed by atoms with Crippen molar-refractivity contribution in [2.45, 2.75) is 12.0 Å². The summed E-state index contributed by atoms with van der Waals surface area (Å²) in [5.41, 5.74) is 9.04. The van der Waals surface area contributed by atoms with Gasteiger partial charge in [-0.1, -0.05) is 65.8 Å². The van der Waals surface area contributed by atoms with Crippen molar-refractivity contribution in [3.05, 3.63) is 71.8 Å². The maximum absolute atomic E-state index is 6.50. The first-order valence-corrected chi connectivity index (χ1v) is 6.37. The topological polar surface area (TPSA) is 47.6 Å². The predicted octanol–water partition coefficient (Wildman–Crippen LogP) is 2.67. The summed E-state index contributed by atoms with van der Waals surface area (Å²) in [6, 6.07) is 20.1. The number of nitrogens with two attached hydrogens (primary N) is 1. The van der Waals surface area contributed by atoms with Crippen LogP contribution in [0.2, 0.25) is 0 Å². The van der Waals surface area contributed by atoms with Gasteiger partial charge in [0.2, 0.25) is 0 Å². The van der Waals surface area contributed by atoms with Crippen molar-refractivity contribution in [1.82, 2.24) is 0 Å². The van der Waals surface area contributed by atoms with Crippen LogP contribution in [0.3, 0.4) is 0 Å². The molecular weight excluding hydrogens is 236 g/mol. The lowest BCUT2D eigenvalue weighted by Crippen LogP contribution is -2.45. The fourth-order valence-corrected chi connectivity index (χ4v) is 2.35. The Morgan fingerprint density at radius 1 is 0.947 bits per heavy atom. The van der Waals surface area contributed by atoms with E-state index in [-0.39, 0.29) is 0 Å². The molecule has 1 aliphatic rings. The summed E-state index contributed by atoms with van der Waals surface area (Å²) in [5.74, 6) is 0. The molecule has 0 fully saturated rings. The van der Waals surface area contributed by atoms with E-state index in [1.165, 1.54) is 0 Å². The number of rotatable bonds is 2. The average Bonchev–Trinajstić information content (AvgIpc) is 2.49. The summed E-state index contributed by atoms with van der Waals surface area (Å²) in [5, 5.41) is 4.16. The molecule has 96 valence electrons. The second kappa shape index (κ2) is 4.86. The molecule has 0 saturated carbocycles. The minimum absolute atomic E-state index is 0.410. The largest absolute Gasteiger partial charge is 0.393 e. The van der Waals surface area contributed by atoms with Crippen molar-refractivity contribution in [3.63, 3.8) is 0 Å². The van der Waals surface area contributed by atoms with E-state index in [9.17, 15) is 0 Å². The van der Waals surface area contributed by atoms with Crippen LogP contribution in [0.15, 0.2) is 65.8 Å². The third-order valence-corrected chi connectivity index (χ3v) is 3.44. The van der Waals surface area contributed by atoms with Crippen LogP contribution in [-0.2, 0) is 10.4 Å². The van der Waals surface area contributed by atoms with Gasteiger partial charge in [-0.3, -0.25) is 0 Å². The molecule has 3 nitrogen and oxygen atoms in total. The van der Waals surface area contributed by atoms with E-state index in [0.29, 0.717) is 13.0 Å². The minimum atomic E-state index is -0.506. The molecular formula is C16H16N2O. The van der Waals surface area contributed by atoms with E-state index in [0.717, 1.165) is 16.8 Å². The van der Waals surface area contributed by atoms with Crippen molar-refractivity contribution in [2.24, 2.45) is 10.9 Å². The van der Waals surface area contributed by atoms with Gasteiger partial charge in [-0.25, -0.2) is 0 Å². The lowest BCUT2D eigenvalue weighted by Gasteiger charge is -2.32. The lowest BCUT2D eigenvalue weighted by molar-refractivity contribution is 0.0775. The van der Waals surface area contributed by atoms with Gasteiger partial charge >= 0.3 is 0 Å². The van der Waals surface area contributed by atoms with Gasteiger partial charge in [-0.15, -0.1) is 0 Å². The highest BCUT2D eigenvalue weighted by atomic mass is 16.6. The highest BCUT2D eigenvalue weighted by Gasteiger charge is 2.33. The summed E-state index contributed by atoms with van der Waals surface area (Å²) < 4.78 is 0. The van der Waals surface area contributed by atoms with Gasteiger partial charge in [0.05, 0.1) is 11.3 Å². The molecule has 2 aromatic rings. The van der Waals surface area contributed by atoms with E-state index in [2.05, 4.69) is 5.16 Å². The molecule has 1 heterocycles. The number of nitrogens with zero attached hydrogens (tertiary/aromatic N) is 1. The molecule has 0 aromatic heterocycles.